The van der Waals surface area contributed by atoms with Crippen LogP contribution in [0.5, 0.6) is 17.2 Å². The highest BCUT2D eigenvalue weighted by Crippen LogP contribution is 2.29. The molecular weight excluding hydrogens is 480 g/mol. The van der Waals surface area contributed by atoms with Crippen LogP contribution in [0.2, 0.25) is 0 Å². The average Bonchev–Trinajstić information content (AvgIpc) is 3.27. The summed E-state index contributed by atoms with van der Waals surface area (Å²) < 4.78 is 29.3. The van der Waals surface area contributed by atoms with Crippen LogP contribution in [-0.4, -0.2) is 18.7 Å². The summed E-state index contributed by atoms with van der Waals surface area (Å²) in [6.07, 6.45) is -0.186. The van der Waals surface area contributed by atoms with Gasteiger partial charge in [0.25, 0.3) is 0 Å². The van der Waals surface area contributed by atoms with Gasteiger partial charge in [0.05, 0.1) is 6.61 Å². The molecule has 0 aromatic heterocycles. The molecule has 192 valence electrons. The summed E-state index contributed by atoms with van der Waals surface area (Å²) >= 11 is 0. The Morgan fingerprint density at radius 1 is 0.579 bits per heavy atom. The molecule has 5 rings (SSSR count). The van der Waals surface area contributed by atoms with E-state index in [0.717, 1.165) is 16.9 Å². The van der Waals surface area contributed by atoms with Crippen molar-refractivity contribution in [1.29, 1.82) is 0 Å². The molecule has 0 fully saturated rings. The molecule has 1 unspecified atom stereocenters. The molecule has 0 bridgehead atoms. The molecule has 1 aliphatic rings. The van der Waals surface area contributed by atoms with Crippen molar-refractivity contribution in [2.24, 2.45) is 0 Å². The first-order chi connectivity index (χ1) is 18.7. The molecule has 1 heterocycles. The standard InChI is InChI=1S/C32H28O6/c33-32-31(36-23-25-12-6-2-7-13-25)30(35-22-24-10-4-1-5-11-24)29(38-32)20-21-34-26-16-18-28(19-17-26)37-27-14-8-3-9-15-27/h1-19,29H,20-23H2. The van der Waals surface area contributed by atoms with E-state index in [1.807, 2.05) is 115 Å². The minimum atomic E-state index is -0.599. The van der Waals surface area contributed by atoms with Crippen LogP contribution in [0, 0.1) is 0 Å². The van der Waals surface area contributed by atoms with Gasteiger partial charge in [0.2, 0.25) is 5.76 Å². The number of rotatable bonds is 12. The van der Waals surface area contributed by atoms with Crippen LogP contribution in [-0.2, 0) is 32.2 Å². The van der Waals surface area contributed by atoms with Crippen molar-refractivity contribution in [3.05, 3.63) is 138 Å². The van der Waals surface area contributed by atoms with Gasteiger partial charge in [-0.2, -0.15) is 0 Å². The van der Waals surface area contributed by atoms with Crippen LogP contribution in [0.15, 0.2) is 127 Å². The lowest BCUT2D eigenvalue weighted by Crippen LogP contribution is -2.17. The Hall–Kier alpha value is -4.71. The summed E-state index contributed by atoms with van der Waals surface area (Å²) in [6, 6.07) is 36.4. The lowest BCUT2D eigenvalue weighted by molar-refractivity contribution is -0.143. The van der Waals surface area contributed by atoms with E-state index in [2.05, 4.69) is 0 Å². The fourth-order valence-electron chi connectivity index (χ4n) is 3.94. The smallest absolute Gasteiger partial charge is 0.378 e. The molecule has 38 heavy (non-hydrogen) atoms. The number of carbonyl (C=O) groups is 1. The number of esters is 1. The van der Waals surface area contributed by atoms with Gasteiger partial charge in [-0.3, -0.25) is 0 Å². The summed E-state index contributed by atoms with van der Waals surface area (Å²) in [5.74, 6) is 2.14. The Morgan fingerprint density at radius 2 is 1.11 bits per heavy atom. The first kappa shape index (κ1) is 25.0. The maximum atomic E-state index is 12.7. The quantitative estimate of drug-likeness (QED) is 0.196. The summed E-state index contributed by atoms with van der Waals surface area (Å²) in [7, 11) is 0. The van der Waals surface area contributed by atoms with E-state index in [0.29, 0.717) is 36.9 Å². The Bertz CT molecular complexity index is 1340. The van der Waals surface area contributed by atoms with Crippen LogP contribution in [0.4, 0.5) is 0 Å². The van der Waals surface area contributed by atoms with Gasteiger partial charge < -0.3 is 23.7 Å². The second kappa shape index (κ2) is 12.5. The molecule has 0 N–H and O–H groups in total. The second-order valence-electron chi connectivity index (χ2n) is 8.66. The van der Waals surface area contributed by atoms with Crippen LogP contribution in [0.1, 0.15) is 17.5 Å². The molecule has 0 amide bonds. The number of benzene rings is 4. The minimum Gasteiger partial charge on any atom is -0.493 e. The monoisotopic (exact) mass is 508 g/mol. The van der Waals surface area contributed by atoms with Crippen LogP contribution in [0.25, 0.3) is 0 Å². The molecule has 0 saturated heterocycles. The van der Waals surface area contributed by atoms with Gasteiger partial charge in [0, 0.05) is 6.42 Å². The van der Waals surface area contributed by atoms with Crippen molar-refractivity contribution < 1.29 is 28.5 Å². The number of hydrogen-bond donors (Lipinski definition) is 0. The normalized spacial score (nSPS) is 14.6. The zero-order valence-electron chi connectivity index (χ0n) is 20.8. The third kappa shape index (κ3) is 6.73. The SMILES string of the molecule is O=C1OC(CCOc2ccc(Oc3ccccc3)cc2)C(OCc2ccccc2)=C1OCc1ccccc1. The van der Waals surface area contributed by atoms with E-state index in [9.17, 15) is 4.79 Å². The fourth-order valence-corrected chi connectivity index (χ4v) is 3.94. The van der Waals surface area contributed by atoms with Gasteiger partial charge in [0.15, 0.2) is 11.9 Å². The Kier molecular flexibility index (Phi) is 8.21. The van der Waals surface area contributed by atoms with Crippen LogP contribution >= 0.6 is 0 Å². The highest BCUT2D eigenvalue weighted by molar-refractivity contribution is 5.89. The highest BCUT2D eigenvalue weighted by Gasteiger charge is 2.37. The van der Waals surface area contributed by atoms with E-state index in [4.69, 9.17) is 23.7 Å². The van der Waals surface area contributed by atoms with Crippen molar-refractivity contribution in [2.75, 3.05) is 6.61 Å². The topological polar surface area (TPSA) is 63.2 Å². The van der Waals surface area contributed by atoms with E-state index in [1.54, 1.807) is 0 Å². The largest absolute Gasteiger partial charge is 0.493 e. The molecule has 4 aromatic rings. The predicted molar refractivity (Wildman–Crippen MR) is 142 cm³/mol. The Balaban J connectivity index is 1.21. The number of carbonyl (C=O) groups excluding carboxylic acids is 1. The maximum absolute atomic E-state index is 12.7. The lowest BCUT2D eigenvalue weighted by atomic mass is 10.2. The molecular formula is C32H28O6. The Morgan fingerprint density at radius 3 is 1.74 bits per heavy atom. The van der Waals surface area contributed by atoms with Crippen molar-refractivity contribution >= 4 is 5.97 Å². The van der Waals surface area contributed by atoms with E-state index in [-0.39, 0.29) is 12.4 Å². The average molecular weight is 509 g/mol. The summed E-state index contributed by atoms with van der Waals surface area (Å²) in [5.41, 5.74) is 1.93. The molecule has 0 radical (unpaired) electrons. The number of cyclic esters (lactones) is 1. The second-order valence-corrected chi connectivity index (χ2v) is 8.66. The molecule has 0 aliphatic carbocycles. The van der Waals surface area contributed by atoms with E-state index >= 15 is 0 Å². The fraction of sp³-hybridized carbons (Fsp3) is 0.156. The molecule has 4 aromatic carbocycles. The third-order valence-electron chi connectivity index (χ3n) is 5.87. The Labute approximate surface area is 222 Å². The molecule has 1 aliphatic heterocycles. The van der Waals surface area contributed by atoms with Gasteiger partial charge in [0.1, 0.15) is 30.5 Å². The van der Waals surface area contributed by atoms with E-state index in [1.165, 1.54) is 0 Å². The number of hydrogen-bond acceptors (Lipinski definition) is 6. The molecule has 0 saturated carbocycles. The zero-order valence-corrected chi connectivity index (χ0v) is 20.8. The highest BCUT2D eigenvalue weighted by atomic mass is 16.6. The van der Waals surface area contributed by atoms with Gasteiger partial charge >= 0.3 is 5.97 Å². The van der Waals surface area contributed by atoms with Gasteiger partial charge in [-0.25, -0.2) is 4.79 Å². The van der Waals surface area contributed by atoms with Gasteiger partial charge in [-0.15, -0.1) is 0 Å². The number of para-hydroxylation sites is 1. The summed E-state index contributed by atoms with van der Waals surface area (Å²) in [6.45, 7) is 0.857. The first-order valence-electron chi connectivity index (χ1n) is 12.5. The summed E-state index contributed by atoms with van der Waals surface area (Å²) in [5, 5.41) is 0. The summed E-state index contributed by atoms with van der Waals surface area (Å²) in [4.78, 5) is 12.7. The zero-order chi connectivity index (χ0) is 26.0. The first-order valence-corrected chi connectivity index (χ1v) is 12.5. The van der Waals surface area contributed by atoms with Gasteiger partial charge in [-0.1, -0.05) is 78.9 Å². The number of ether oxygens (including phenoxy) is 5. The van der Waals surface area contributed by atoms with Gasteiger partial charge in [-0.05, 0) is 47.5 Å². The van der Waals surface area contributed by atoms with Crippen molar-refractivity contribution in [3.8, 4) is 17.2 Å². The van der Waals surface area contributed by atoms with E-state index < -0.39 is 12.1 Å². The molecule has 6 heteroatoms. The minimum absolute atomic E-state index is 0.109. The van der Waals surface area contributed by atoms with Crippen molar-refractivity contribution in [1.82, 2.24) is 0 Å². The maximum Gasteiger partial charge on any atom is 0.378 e. The molecule has 6 nitrogen and oxygen atoms in total. The predicted octanol–water partition coefficient (Wildman–Crippen LogP) is 6.82. The lowest BCUT2D eigenvalue weighted by Gasteiger charge is -2.16. The molecule has 1 atom stereocenters. The third-order valence-corrected chi connectivity index (χ3v) is 5.87. The van der Waals surface area contributed by atoms with Crippen molar-refractivity contribution in [2.45, 2.75) is 25.7 Å². The van der Waals surface area contributed by atoms with Crippen LogP contribution in [0.3, 0.4) is 0 Å². The van der Waals surface area contributed by atoms with Crippen molar-refractivity contribution in [3.63, 3.8) is 0 Å². The van der Waals surface area contributed by atoms with Crippen LogP contribution < -0.4 is 9.47 Å². The molecule has 0 spiro atoms.